The normalized spacial score (nSPS) is 15.5. The zero-order chi connectivity index (χ0) is 9.97. The van der Waals surface area contributed by atoms with Crippen LogP contribution in [0, 0.1) is 0 Å². The molecule has 0 N–H and O–H groups in total. The number of nitrogens with zero attached hydrogens (tertiary/aromatic N) is 1. The topological polar surface area (TPSA) is 3.01 Å². The lowest BCUT2D eigenvalue weighted by Crippen LogP contribution is -2.02. The van der Waals surface area contributed by atoms with Crippen molar-refractivity contribution in [3.8, 4) is 0 Å². The predicted molar refractivity (Wildman–Crippen MR) is 61.3 cm³/mol. The van der Waals surface area contributed by atoms with E-state index in [0.29, 0.717) is 0 Å². The van der Waals surface area contributed by atoms with Gasteiger partial charge in [-0.2, -0.15) is 0 Å². The molecule has 0 aromatic heterocycles. The van der Waals surface area contributed by atoms with Crippen LogP contribution >= 0.6 is 0 Å². The third-order valence-corrected chi connectivity index (χ3v) is 2.70. The van der Waals surface area contributed by atoms with E-state index in [4.69, 9.17) is 0 Å². The van der Waals surface area contributed by atoms with Crippen molar-refractivity contribution >= 4 is 5.57 Å². The molecular formula is C13H17N. The van der Waals surface area contributed by atoms with Crippen LogP contribution in [0.4, 0.5) is 0 Å². The first-order valence-electron chi connectivity index (χ1n) is 5.23. The maximum Gasteiger partial charge on any atom is 0.0110 e. The van der Waals surface area contributed by atoms with Crippen molar-refractivity contribution in [3.63, 3.8) is 0 Å². The molecule has 1 aliphatic rings. The van der Waals surface area contributed by atoms with Crippen LogP contribution in [0.25, 0.3) is 5.57 Å². The maximum atomic E-state index is 3.93. The molecule has 1 heteroatoms. The molecular weight excluding hydrogens is 170 g/mol. The van der Waals surface area contributed by atoms with Crippen LogP contribution in [-0.4, -0.2) is 24.5 Å². The minimum atomic E-state index is 1.14. The highest BCUT2D eigenvalue weighted by Crippen LogP contribution is 2.13. The predicted octanol–water partition coefficient (Wildman–Crippen LogP) is 2.58. The van der Waals surface area contributed by atoms with Crippen molar-refractivity contribution < 1.29 is 0 Å². The number of allylic oxidation sites excluding steroid dienone is 1. The number of rotatable bonds is 4. The fourth-order valence-electron chi connectivity index (χ4n) is 1.54. The highest BCUT2D eigenvalue weighted by molar-refractivity contribution is 5.61. The molecule has 14 heavy (non-hydrogen) atoms. The minimum absolute atomic E-state index is 1.14. The Bertz CT molecular complexity index is 320. The number of hydrogen-bond acceptors (Lipinski definition) is 1. The second-order valence-electron chi connectivity index (χ2n) is 4.07. The second-order valence-corrected chi connectivity index (χ2v) is 4.07. The van der Waals surface area contributed by atoms with Gasteiger partial charge in [0.2, 0.25) is 0 Å². The summed E-state index contributed by atoms with van der Waals surface area (Å²) in [5.41, 5.74) is 3.82. The molecule has 0 atom stereocenters. The standard InChI is InChI=1S/C13H17N/c1-11(2)13-5-3-12(4-6-13)7-8-14-9-10-14/h3-6H,1,7-10H2,2H3. The van der Waals surface area contributed by atoms with Gasteiger partial charge in [0.1, 0.15) is 0 Å². The molecule has 0 bridgehead atoms. The summed E-state index contributed by atoms with van der Waals surface area (Å²) in [7, 11) is 0. The summed E-state index contributed by atoms with van der Waals surface area (Å²) in [6, 6.07) is 8.76. The Labute approximate surface area is 86.1 Å². The molecule has 74 valence electrons. The lowest BCUT2D eigenvalue weighted by atomic mass is 10.1. The summed E-state index contributed by atoms with van der Waals surface area (Å²) < 4.78 is 0. The molecule has 0 amide bonds. The van der Waals surface area contributed by atoms with E-state index in [1.165, 1.54) is 37.2 Å². The molecule has 1 aromatic carbocycles. The molecule has 0 spiro atoms. The van der Waals surface area contributed by atoms with Gasteiger partial charge in [0, 0.05) is 19.6 Å². The van der Waals surface area contributed by atoms with Crippen LogP contribution in [0.15, 0.2) is 30.8 Å². The molecule has 2 rings (SSSR count). The van der Waals surface area contributed by atoms with Crippen molar-refractivity contribution in [1.29, 1.82) is 0 Å². The highest BCUT2D eigenvalue weighted by atomic mass is 15.2. The fourth-order valence-corrected chi connectivity index (χ4v) is 1.54. The molecule has 1 heterocycles. The van der Waals surface area contributed by atoms with E-state index in [1.807, 2.05) is 6.92 Å². The lowest BCUT2D eigenvalue weighted by Gasteiger charge is -2.04. The van der Waals surface area contributed by atoms with Crippen LogP contribution in [0.5, 0.6) is 0 Å². The van der Waals surface area contributed by atoms with E-state index < -0.39 is 0 Å². The summed E-state index contributed by atoms with van der Waals surface area (Å²) in [5.74, 6) is 0. The van der Waals surface area contributed by atoms with E-state index in [9.17, 15) is 0 Å². The lowest BCUT2D eigenvalue weighted by molar-refractivity contribution is 0.561. The zero-order valence-electron chi connectivity index (χ0n) is 8.79. The van der Waals surface area contributed by atoms with Crippen LogP contribution in [-0.2, 0) is 6.42 Å². The van der Waals surface area contributed by atoms with E-state index >= 15 is 0 Å². The van der Waals surface area contributed by atoms with Crippen LogP contribution in [0.3, 0.4) is 0 Å². The van der Waals surface area contributed by atoms with Crippen molar-refractivity contribution in [1.82, 2.24) is 4.90 Å². The summed E-state index contributed by atoms with van der Waals surface area (Å²) in [4.78, 5) is 2.45. The molecule has 0 saturated carbocycles. The Morgan fingerprint density at radius 1 is 1.29 bits per heavy atom. The Morgan fingerprint density at radius 3 is 2.43 bits per heavy atom. The van der Waals surface area contributed by atoms with E-state index in [2.05, 4.69) is 35.7 Å². The monoisotopic (exact) mass is 187 g/mol. The second kappa shape index (κ2) is 3.97. The van der Waals surface area contributed by atoms with Crippen molar-refractivity contribution in [3.05, 3.63) is 42.0 Å². The number of hydrogen-bond donors (Lipinski definition) is 0. The molecule has 0 unspecified atom stereocenters. The summed E-state index contributed by atoms with van der Waals surface area (Å²) in [6.45, 7) is 9.78. The van der Waals surface area contributed by atoms with Gasteiger partial charge in [-0.05, 0) is 24.5 Å². The maximum absolute atomic E-state index is 3.93. The Kier molecular flexibility index (Phi) is 2.69. The molecule has 0 radical (unpaired) electrons. The average Bonchev–Trinajstić information content (AvgIpc) is 2.99. The third-order valence-electron chi connectivity index (χ3n) is 2.70. The van der Waals surface area contributed by atoms with Gasteiger partial charge in [-0.3, -0.25) is 0 Å². The minimum Gasteiger partial charge on any atom is -0.300 e. The van der Waals surface area contributed by atoms with Crippen LogP contribution < -0.4 is 0 Å². The van der Waals surface area contributed by atoms with Gasteiger partial charge in [0.25, 0.3) is 0 Å². The summed E-state index contributed by atoms with van der Waals surface area (Å²) in [5, 5.41) is 0. The van der Waals surface area contributed by atoms with Gasteiger partial charge in [0.15, 0.2) is 0 Å². The third kappa shape index (κ3) is 2.46. The first kappa shape index (κ1) is 9.47. The Balaban J connectivity index is 1.94. The van der Waals surface area contributed by atoms with Gasteiger partial charge in [-0.1, -0.05) is 36.4 Å². The Morgan fingerprint density at radius 2 is 1.93 bits per heavy atom. The SMILES string of the molecule is C=C(C)c1ccc(CCN2CC2)cc1. The fraction of sp³-hybridized carbons (Fsp3) is 0.385. The van der Waals surface area contributed by atoms with E-state index in [-0.39, 0.29) is 0 Å². The molecule has 1 aromatic rings. The molecule has 1 aliphatic heterocycles. The molecule has 1 nitrogen and oxygen atoms in total. The number of benzene rings is 1. The quantitative estimate of drug-likeness (QED) is 0.655. The molecule has 1 fully saturated rings. The van der Waals surface area contributed by atoms with Gasteiger partial charge in [-0.15, -0.1) is 0 Å². The summed E-state index contributed by atoms with van der Waals surface area (Å²) in [6.07, 6.45) is 1.18. The van der Waals surface area contributed by atoms with Crippen molar-refractivity contribution in [2.75, 3.05) is 19.6 Å². The summed E-state index contributed by atoms with van der Waals surface area (Å²) >= 11 is 0. The zero-order valence-corrected chi connectivity index (χ0v) is 8.79. The molecule has 1 saturated heterocycles. The van der Waals surface area contributed by atoms with Crippen molar-refractivity contribution in [2.45, 2.75) is 13.3 Å². The van der Waals surface area contributed by atoms with Gasteiger partial charge in [-0.25, -0.2) is 0 Å². The van der Waals surface area contributed by atoms with E-state index in [1.54, 1.807) is 0 Å². The largest absolute Gasteiger partial charge is 0.300 e. The first-order chi connectivity index (χ1) is 6.75. The van der Waals surface area contributed by atoms with Crippen molar-refractivity contribution in [2.24, 2.45) is 0 Å². The average molecular weight is 187 g/mol. The Hall–Kier alpha value is -1.08. The first-order valence-corrected chi connectivity index (χ1v) is 5.23. The smallest absolute Gasteiger partial charge is 0.0110 e. The van der Waals surface area contributed by atoms with Gasteiger partial charge < -0.3 is 4.90 Å². The van der Waals surface area contributed by atoms with E-state index in [0.717, 1.165) is 5.57 Å². The highest BCUT2D eigenvalue weighted by Gasteiger charge is 2.15. The molecule has 0 aliphatic carbocycles. The van der Waals surface area contributed by atoms with Gasteiger partial charge in [0.05, 0.1) is 0 Å². The van der Waals surface area contributed by atoms with Crippen LogP contribution in [0.1, 0.15) is 18.1 Å². The van der Waals surface area contributed by atoms with Crippen LogP contribution in [0.2, 0.25) is 0 Å². The van der Waals surface area contributed by atoms with Gasteiger partial charge >= 0.3 is 0 Å².